The zero-order chi connectivity index (χ0) is 18.4. The Bertz CT molecular complexity index is 749. The van der Waals surface area contributed by atoms with E-state index in [0.717, 1.165) is 17.7 Å². The Morgan fingerprint density at radius 3 is 2.62 bits per heavy atom. The van der Waals surface area contributed by atoms with E-state index < -0.39 is 0 Å². The quantitative estimate of drug-likeness (QED) is 0.797. The van der Waals surface area contributed by atoms with Gasteiger partial charge >= 0.3 is 0 Å². The van der Waals surface area contributed by atoms with Gasteiger partial charge in [0.1, 0.15) is 17.6 Å². The number of hydrogen-bond donors (Lipinski definition) is 2. The van der Waals surface area contributed by atoms with Gasteiger partial charge in [0.05, 0.1) is 19.7 Å². The molecule has 26 heavy (non-hydrogen) atoms. The van der Waals surface area contributed by atoms with Crippen molar-refractivity contribution in [3.05, 3.63) is 59.7 Å². The molecule has 0 radical (unpaired) electrons. The molecule has 0 aromatic heterocycles. The van der Waals surface area contributed by atoms with E-state index in [0.29, 0.717) is 24.5 Å². The number of ether oxygens (including phenoxy) is 2. The second-order valence-corrected chi connectivity index (χ2v) is 6.00. The number of hydrogen-bond acceptors (Lipinski definition) is 4. The van der Waals surface area contributed by atoms with E-state index in [1.807, 2.05) is 31.2 Å². The summed E-state index contributed by atoms with van der Waals surface area (Å²) in [6.45, 7) is 2.80. The number of nitrogens with one attached hydrogen (secondary N) is 2. The van der Waals surface area contributed by atoms with Crippen LogP contribution < -0.4 is 20.1 Å². The lowest BCUT2D eigenvalue weighted by Gasteiger charge is -2.12. The zero-order valence-corrected chi connectivity index (χ0v) is 14.7. The SMILES string of the molecule is CCOc1ccc(C(=O)NCC(=O)NCC2Cc3ccccc3O2)cc1. The third kappa shape index (κ3) is 4.53. The Morgan fingerprint density at radius 1 is 1.12 bits per heavy atom. The average molecular weight is 354 g/mol. The van der Waals surface area contributed by atoms with Crippen LogP contribution in [-0.2, 0) is 11.2 Å². The lowest BCUT2D eigenvalue weighted by molar-refractivity contribution is -0.120. The number of rotatable bonds is 7. The van der Waals surface area contributed by atoms with Gasteiger partial charge in [-0.1, -0.05) is 18.2 Å². The Kier molecular flexibility index (Phi) is 5.73. The molecule has 2 amide bonds. The molecule has 6 heteroatoms. The van der Waals surface area contributed by atoms with Crippen LogP contribution in [0.1, 0.15) is 22.8 Å². The van der Waals surface area contributed by atoms with E-state index in [2.05, 4.69) is 10.6 Å². The van der Waals surface area contributed by atoms with Crippen molar-refractivity contribution in [3.8, 4) is 11.5 Å². The highest BCUT2D eigenvalue weighted by atomic mass is 16.5. The van der Waals surface area contributed by atoms with E-state index in [4.69, 9.17) is 9.47 Å². The van der Waals surface area contributed by atoms with Gasteiger partial charge in [-0.2, -0.15) is 0 Å². The van der Waals surface area contributed by atoms with Crippen LogP contribution in [-0.4, -0.2) is 37.6 Å². The second-order valence-electron chi connectivity index (χ2n) is 6.00. The first kappa shape index (κ1) is 17.8. The maximum atomic E-state index is 12.1. The van der Waals surface area contributed by atoms with Crippen molar-refractivity contribution in [2.75, 3.05) is 19.7 Å². The summed E-state index contributed by atoms with van der Waals surface area (Å²) in [4.78, 5) is 24.0. The van der Waals surface area contributed by atoms with Gasteiger partial charge in [-0.15, -0.1) is 0 Å². The van der Waals surface area contributed by atoms with Gasteiger partial charge in [0.2, 0.25) is 5.91 Å². The zero-order valence-electron chi connectivity index (χ0n) is 14.7. The maximum absolute atomic E-state index is 12.1. The van der Waals surface area contributed by atoms with Crippen LogP contribution in [0.2, 0.25) is 0 Å². The fraction of sp³-hybridized carbons (Fsp3) is 0.300. The van der Waals surface area contributed by atoms with Gasteiger partial charge in [-0.3, -0.25) is 9.59 Å². The number of para-hydroxylation sites is 1. The van der Waals surface area contributed by atoms with E-state index in [1.54, 1.807) is 24.3 Å². The van der Waals surface area contributed by atoms with Crippen LogP contribution in [0.3, 0.4) is 0 Å². The van der Waals surface area contributed by atoms with Crippen LogP contribution in [0.4, 0.5) is 0 Å². The molecular formula is C20H22N2O4. The molecule has 0 aliphatic carbocycles. The van der Waals surface area contributed by atoms with Crippen LogP contribution in [0, 0.1) is 0 Å². The first-order valence-corrected chi connectivity index (χ1v) is 8.68. The highest BCUT2D eigenvalue weighted by molar-refractivity contribution is 5.96. The standard InChI is InChI=1S/C20H22N2O4/c1-2-25-16-9-7-14(8-10-16)20(24)22-13-19(23)21-12-17-11-15-5-3-4-6-18(15)26-17/h3-10,17H,2,11-13H2,1H3,(H,21,23)(H,22,24). The van der Waals surface area contributed by atoms with Gasteiger partial charge in [0.25, 0.3) is 5.91 Å². The lowest BCUT2D eigenvalue weighted by Crippen LogP contribution is -2.41. The fourth-order valence-electron chi connectivity index (χ4n) is 2.79. The largest absolute Gasteiger partial charge is 0.494 e. The molecule has 1 atom stereocenters. The van der Waals surface area contributed by atoms with Crippen molar-refractivity contribution < 1.29 is 19.1 Å². The summed E-state index contributed by atoms with van der Waals surface area (Å²) in [6.07, 6.45) is 0.702. The third-order valence-corrected chi connectivity index (χ3v) is 4.08. The summed E-state index contributed by atoms with van der Waals surface area (Å²) in [5.74, 6) is 1.03. The minimum absolute atomic E-state index is 0.0711. The third-order valence-electron chi connectivity index (χ3n) is 4.08. The molecule has 0 saturated carbocycles. The Morgan fingerprint density at radius 2 is 1.88 bits per heavy atom. The first-order chi connectivity index (χ1) is 12.7. The number of fused-ring (bicyclic) bond motifs is 1. The van der Waals surface area contributed by atoms with Gasteiger partial charge in [0.15, 0.2) is 0 Å². The van der Waals surface area contributed by atoms with Crippen molar-refractivity contribution >= 4 is 11.8 Å². The van der Waals surface area contributed by atoms with Crippen LogP contribution in [0.5, 0.6) is 11.5 Å². The summed E-state index contributed by atoms with van der Waals surface area (Å²) in [5, 5.41) is 5.40. The topological polar surface area (TPSA) is 76.7 Å². The molecule has 2 aromatic rings. The van der Waals surface area contributed by atoms with Crippen molar-refractivity contribution in [1.29, 1.82) is 0 Å². The molecule has 2 aromatic carbocycles. The van der Waals surface area contributed by atoms with Crippen LogP contribution >= 0.6 is 0 Å². The van der Waals surface area contributed by atoms with Crippen molar-refractivity contribution in [2.24, 2.45) is 0 Å². The molecule has 136 valence electrons. The number of carbonyl (C=O) groups is 2. The molecule has 1 aliphatic rings. The summed E-state index contributed by atoms with van der Waals surface area (Å²) in [7, 11) is 0. The molecule has 2 N–H and O–H groups in total. The van der Waals surface area contributed by atoms with Crippen LogP contribution in [0.25, 0.3) is 0 Å². The molecule has 1 heterocycles. The predicted octanol–water partition coefficient (Wildman–Crippen LogP) is 1.93. The highest BCUT2D eigenvalue weighted by Gasteiger charge is 2.22. The molecule has 1 aliphatic heterocycles. The smallest absolute Gasteiger partial charge is 0.251 e. The molecule has 0 saturated heterocycles. The van der Waals surface area contributed by atoms with Gasteiger partial charge in [-0.05, 0) is 42.8 Å². The number of amides is 2. The van der Waals surface area contributed by atoms with Gasteiger partial charge in [-0.25, -0.2) is 0 Å². The van der Waals surface area contributed by atoms with E-state index in [-0.39, 0.29) is 24.5 Å². The van der Waals surface area contributed by atoms with E-state index >= 15 is 0 Å². The van der Waals surface area contributed by atoms with Gasteiger partial charge in [0, 0.05) is 12.0 Å². The maximum Gasteiger partial charge on any atom is 0.251 e. The summed E-state index contributed by atoms with van der Waals surface area (Å²) in [5.41, 5.74) is 1.63. The predicted molar refractivity (Wildman–Crippen MR) is 97.5 cm³/mol. The van der Waals surface area contributed by atoms with Crippen LogP contribution in [0.15, 0.2) is 48.5 Å². The summed E-state index contributed by atoms with van der Waals surface area (Å²) in [6, 6.07) is 14.6. The first-order valence-electron chi connectivity index (χ1n) is 8.68. The molecule has 1 unspecified atom stereocenters. The normalized spacial score (nSPS) is 14.9. The van der Waals surface area contributed by atoms with Crippen molar-refractivity contribution in [3.63, 3.8) is 0 Å². The highest BCUT2D eigenvalue weighted by Crippen LogP contribution is 2.27. The Balaban J connectivity index is 1.39. The monoisotopic (exact) mass is 354 g/mol. The minimum Gasteiger partial charge on any atom is -0.494 e. The fourth-order valence-corrected chi connectivity index (χ4v) is 2.79. The number of benzene rings is 2. The summed E-state index contributed by atoms with van der Waals surface area (Å²) >= 11 is 0. The Labute approximate surface area is 152 Å². The van der Waals surface area contributed by atoms with Crippen molar-refractivity contribution in [1.82, 2.24) is 10.6 Å². The van der Waals surface area contributed by atoms with Crippen molar-refractivity contribution in [2.45, 2.75) is 19.4 Å². The molecule has 0 fully saturated rings. The van der Waals surface area contributed by atoms with Gasteiger partial charge < -0.3 is 20.1 Å². The van der Waals surface area contributed by atoms with E-state index in [9.17, 15) is 9.59 Å². The van der Waals surface area contributed by atoms with E-state index in [1.165, 1.54) is 0 Å². The lowest BCUT2D eigenvalue weighted by atomic mass is 10.1. The molecule has 0 spiro atoms. The molecule has 0 bridgehead atoms. The molecular weight excluding hydrogens is 332 g/mol. The Hall–Kier alpha value is -3.02. The average Bonchev–Trinajstić information content (AvgIpc) is 3.08. The second kappa shape index (κ2) is 8.38. The molecule has 6 nitrogen and oxygen atoms in total. The minimum atomic E-state index is -0.298. The number of carbonyl (C=O) groups excluding carboxylic acids is 2. The molecule has 3 rings (SSSR count). The summed E-state index contributed by atoms with van der Waals surface area (Å²) < 4.78 is 11.1.